The molecule has 0 bridgehead atoms. The van der Waals surface area contributed by atoms with Crippen LogP contribution in [-0.4, -0.2) is 34.5 Å². The molecule has 2 N–H and O–H groups in total. The lowest BCUT2D eigenvalue weighted by Crippen LogP contribution is -2.29. The number of hydrogen-bond acceptors (Lipinski definition) is 3. The molecule has 1 aliphatic rings. The van der Waals surface area contributed by atoms with Crippen LogP contribution in [0, 0.1) is 5.92 Å². The van der Waals surface area contributed by atoms with Gasteiger partial charge in [0.2, 0.25) is 0 Å². The number of rotatable bonds is 4. The van der Waals surface area contributed by atoms with Crippen LogP contribution in [0.3, 0.4) is 0 Å². The Kier molecular flexibility index (Phi) is 3.89. The minimum Gasteiger partial charge on any atom is -0.481 e. The molecule has 4 heteroatoms. The van der Waals surface area contributed by atoms with Crippen molar-refractivity contribution in [3.05, 3.63) is 0 Å². The maximum atomic E-state index is 10.6. The number of carboxylic acids is 1. The molecule has 1 saturated heterocycles. The molecule has 0 amide bonds. The van der Waals surface area contributed by atoms with Gasteiger partial charge in [-0.15, -0.1) is 0 Å². The first-order valence-corrected chi connectivity index (χ1v) is 5.07. The number of ether oxygens (including phenoxy) is 1. The Hall–Kier alpha value is -0.610. The Morgan fingerprint density at radius 1 is 1.57 bits per heavy atom. The summed E-state index contributed by atoms with van der Waals surface area (Å²) in [7, 11) is 0. The van der Waals surface area contributed by atoms with Gasteiger partial charge >= 0.3 is 5.97 Å². The highest BCUT2D eigenvalue weighted by Crippen LogP contribution is 2.24. The van der Waals surface area contributed by atoms with Crippen LogP contribution in [-0.2, 0) is 9.53 Å². The van der Waals surface area contributed by atoms with Crippen LogP contribution in [0.15, 0.2) is 0 Å². The van der Waals surface area contributed by atoms with Gasteiger partial charge < -0.3 is 14.9 Å². The van der Waals surface area contributed by atoms with E-state index in [4.69, 9.17) is 9.84 Å². The average Bonchev–Trinajstić information content (AvgIpc) is 2.51. The fraction of sp³-hybridized carbons (Fsp3) is 0.900. The number of carbonyl (C=O) groups is 1. The van der Waals surface area contributed by atoms with Crippen LogP contribution < -0.4 is 0 Å². The first-order valence-electron chi connectivity index (χ1n) is 5.07. The van der Waals surface area contributed by atoms with Crippen molar-refractivity contribution in [1.29, 1.82) is 0 Å². The van der Waals surface area contributed by atoms with Gasteiger partial charge in [-0.2, -0.15) is 0 Å². The van der Waals surface area contributed by atoms with Crippen molar-refractivity contribution in [2.24, 2.45) is 5.92 Å². The average molecular weight is 202 g/mol. The minimum atomic E-state index is -0.866. The molecule has 1 heterocycles. The summed E-state index contributed by atoms with van der Waals surface area (Å²) in [5.74, 6) is -1.38. The van der Waals surface area contributed by atoms with Gasteiger partial charge in [-0.3, -0.25) is 4.79 Å². The maximum Gasteiger partial charge on any atom is 0.306 e. The quantitative estimate of drug-likeness (QED) is 0.714. The molecule has 0 spiro atoms. The van der Waals surface area contributed by atoms with E-state index >= 15 is 0 Å². The molecule has 4 nitrogen and oxygen atoms in total. The highest BCUT2D eigenvalue weighted by atomic mass is 16.5. The summed E-state index contributed by atoms with van der Waals surface area (Å²) in [6.45, 7) is 3.57. The number of aliphatic carboxylic acids is 1. The summed E-state index contributed by atoms with van der Waals surface area (Å²) in [5.41, 5.74) is 0. The predicted molar refractivity (Wildman–Crippen MR) is 51.0 cm³/mol. The number of hydrogen-bond donors (Lipinski definition) is 2. The lowest BCUT2D eigenvalue weighted by atomic mass is 9.99. The summed E-state index contributed by atoms with van der Waals surface area (Å²) in [6, 6.07) is 0. The fourth-order valence-electron chi connectivity index (χ4n) is 1.73. The molecule has 1 rings (SSSR count). The molecule has 4 atom stereocenters. The summed E-state index contributed by atoms with van der Waals surface area (Å²) in [6.07, 6.45) is 1.41. The van der Waals surface area contributed by atoms with E-state index < -0.39 is 18.0 Å². The zero-order chi connectivity index (χ0) is 10.7. The summed E-state index contributed by atoms with van der Waals surface area (Å²) in [5, 5.41) is 18.4. The number of aliphatic hydroxyl groups is 1. The number of aliphatic hydroxyl groups excluding tert-OH is 1. The maximum absolute atomic E-state index is 10.6. The van der Waals surface area contributed by atoms with Crippen molar-refractivity contribution < 1.29 is 19.7 Å². The smallest absolute Gasteiger partial charge is 0.306 e. The van der Waals surface area contributed by atoms with Gasteiger partial charge in [-0.25, -0.2) is 0 Å². The van der Waals surface area contributed by atoms with Crippen LogP contribution in [0.5, 0.6) is 0 Å². The topological polar surface area (TPSA) is 66.8 Å². The molecule has 0 saturated carbocycles. The molecule has 0 aliphatic carbocycles. The SMILES string of the molecule is CC1CCC(C(O)CC(C)C(=O)O)O1. The highest BCUT2D eigenvalue weighted by molar-refractivity contribution is 5.69. The van der Waals surface area contributed by atoms with Crippen molar-refractivity contribution in [2.45, 2.75) is 51.4 Å². The van der Waals surface area contributed by atoms with Gasteiger partial charge in [0, 0.05) is 0 Å². The van der Waals surface area contributed by atoms with E-state index in [0.29, 0.717) is 0 Å². The van der Waals surface area contributed by atoms with Gasteiger partial charge in [0.25, 0.3) is 0 Å². The van der Waals surface area contributed by atoms with Crippen molar-refractivity contribution in [3.8, 4) is 0 Å². The van der Waals surface area contributed by atoms with E-state index in [-0.39, 0.29) is 18.6 Å². The van der Waals surface area contributed by atoms with Gasteiger partial charge in [-0.05, 0) is 26.2 Å². The highest BCUT2D eigenvalue weighted by Gasteiger charge is 2.30. The van der Waals surface area contributed by atoms with E-state index in [1.54, 1.807) is 6.92 Å². The van der Waals surface area contributed by atoms with E-state index in [2.05, 4.69) is 0 Å². The first kappa shape index (κ1) is 11.5. The zero-order valence-electron chi connectivity index (χ0n) is 8.64. The molecule has 1 aliphatic heterocycles. The van der Waals surface area contributed by atoms with Crippen molar-refractivity contribution in [3.63, 3.8) is 0 Å². The lowest BCUT2D eigenvalue weighted by Gasteiger charge is -2.19. The molecule has 14 heavy (non-hydrogen) atoms. The van der Waals surface area contributed by atoms with Crippen LogP contribution in [0.25, 0.3) is 0 Å². The normalized spacial score (nSPS) is 31.4. The van der Waals surface area contributed by atoms with Gasteiger partial charge in [0.05, 0.1) is 24.2 Å². The summed E-state index contributed by atoms with van der Waals surface area (Å²) in [4.78, 5) is 10.6. The van der Waals surface area contributed by atoms with E-state index in [0.717, 1.165) is 12.8 Å². The Morgan fingerprint density at radius 2 is 2.21 bits per heavy atom. The molecule has 82 valence electrons. The molecule has 1 fully saturated rings. The third-order valence-electron chi connectivity index (χ3n) is 2.71. The van der Waals surface area contributed by atoms with Crippen LogP contribution in [0.4, 0.5) is 0 Å². The second-order valence-electron chi connectivity index (χ2n) is 4.10. The standard InChI is InChI=1S/C10H18O4/c1-6(10(12)13)5-8(11)9-4-3-7(2)14-9/h6-9,11H,3-5H2,1-2H3,(H,12,13). The Bertz CT molecular complexity index is 204. The van der Waals surface area contributed by atoms with Crippen molar-refractivity contribution in [2.75, 3.05) is 0 Å². The number of carboxylic acid groups (broad SMARTS) is 1. The van der Waals surface area contributed by atoms with Gasteiger partial charge in [-0.1, -0.05) is 6.92 Å². The van der Waals surface area contributed by atoms with E-state index in [1.165, 1.54) is 0 Å². The largest absolute Gasteiger partial charge is 0.481 e. The summed E-state index contributed by atoms with van der Waals surface area (Å²) >= 11 is 0. The summed E-state index contributed by atoms with van der Waals surface area (Å²) < 4.78 is 5.46. The molecule has 0 radical (unpaired) electrons. The van der Waals surface area contributed by atoms with E-state index in [9.17, 15) is 9.90 Å². The van der Waals surface area contributed by atoms with Crippen molar-refractivity contribution >= 4 is 5.97 Å². The Labute approximate surface area is 83.9 Å². The predicted octanol–water partition coefficient (Wildman–Crippen LogP) is 1.03. The van der Waals surface area contributed by atoms with Crippen LogP contribution in [0.2, 0.25) is 0 Å². The monoisotopic (exact) mass is 202 g/mol. The molecule has 0 aromatic heterocycles. The second-order valence-corrected chi connectivity index (χ2v) is 4.10. The third-order valence-corrected chi connectivity index (χ3v) is 2.71. The zero-order valence-corrected chi connectivity index (χ0v) is 8.64. The minimum absolute atomic E-state index is 0.174. The van der Waals surface area contributed by atoms with Crippen LogP contribution in [0.1, 0.15) is 33.1 Å². The van der Waals surface area contributed by atoms with Crippen molar-refractivity contribution in [1.82, 2.24) is 0 Å². The fourth-order valence-corrected chi connectivity index (χ4v) is 1.73. The molecule has 0 aromatic rings. The Morgan fingerprint density at radius 3 is 2.64 bits per heavy atom. The van der Waals surface area contributed by atoms with Gasteiger partial charge in [0.1, 0.15) is 0 Å². The Balaban J connectivity index is 2.34. The molecular formula is C10H18O4. The molecule has 4 unspecified atom stereocenters. The molecular weight excluding hydrogens is 184 g/mol. The van der Waals surface area contributed by atoms with Crippen LogP contribution >= 0.6 is 0 Å². The second kappa shape index (κ2) is 4.75. The first-order chi connectivity index (χ1) is 6.50. The van der Waals surface area contributed by atoms with Gasteiger partial charge in [0.15, 0.2) is 0 Å². The van der Waals surface area contributed by atoms with E-state index in [1.807, 2.05) is 6.92 Å². The molecule has 0 aromatic carbocycles. The lowest BCUT2D eigenvalue weighted by molar-refractivity contribution is -0.143. The third kappa shape index (κ3) is 2.96.